The molecule has 2 rings (SSSR count). The lowest BCUT2D eigenvalue weighted by Crippen LogP contribution is -2.24. The molecule has 0 bridgehead atoms. The third-order valence-corrected chi connectivity index (χ3v) is 3.12. The van der Waals surface area contributed by atoms with Crippen molar-refractivity contribution in [3.8, 4) is 11.5 Å². The topological polar surface area (TPSA) is 70.8 Å². The summed E-state index contributed by atoms with van der Waals surface area (Å²) in [5.74, 6) is 0.316. The van der Waals surface area contributed by atoms with Gasteiger partial charge in [-0.3, -0.25) is 0 Å². The van der Waals surface area contributed by atoms with Crippen LogP contribution in [-0.4, -0.2) is 25.7 Å². The molecule has 0 aliphatic heterocycles. The van der Waals surface area contributed by atoms with Gasteiger partial charge in [0.25, 0.3) is 0 Å². The molecule has 1 atom stereocenters. The third-order valence-electron chi connectivity index (χ3n) is 3.12. The van der Waals surface area contributed by atoms with Gasteiger partial charge in [-0.1, -0.05) is 36.4 Å². The van der Waals surface area contributed by atoms with Crippen molar-refractivity contribution in [1.82, 2.24) is 0 Å². The Morgan fingerprint density at radius 1 is 1.04 bits per heavy atom. The summed E-state index contributed by atoms with van der Waals surface area (Å²) >= 11 is 0. The number of benzene rings is 2. The van der Waals surface area contributed by atoms with Crippen LogP contribution in [0.4, 0.5) is 0 Å². The number of ether oxygens (including phenoxy) is 3. The number of hydrogen-bond acceptors (Lipinski definition) is 5. The van der Waals surface area contributed by atoms with Gasteiger partial charge >= 0.3 is 5.97 Å². The molecule has 0 fully saturated rings. The van der Waals surface area contributed by atoms with E-state index in [9.17, 15) is 4.79 Å². The van der Waals surface area contributed by atoms with E-state index in [0.29, 0.717) is 24.7 Å². The van der Waals surface area contributed by atoms with E-state index in [-0.39, 0.29) is 11.6 Å². The van der Waals surface area contributed by atoms with E-state index in [1.807, 2.05) is 37.3 Å². The normalized spacial score (nSPS) is 11.6. The van der Waals surface area contributed by atoms with Crippen LogP contribution in [0.25, 0.3) is 0 Å². The molecule has 0 amide bonds. The summed E-state index contributed by atoms with van der Waals surface area (Å²) in [6.45, 7) is 2.47. The third kappa shape index (κ3) is 4.72. The standard InChI is InChI=1S/C18H21NO4/c1-13(19)11-22-15-9-6-10-16(17(15)18(20)21-2)23-12-14-7-4-3-5-8-14/h3-10,13H,11-12,19H2,1-2H3/t13-/m0/s1. The highest BCUT2D eigenvalue weighted by molar-refractivity contribution is 5.95. The average molecular weight is 315 g/mol. The first kappa shape index (κ1) is 16.8. The molecule has 2 aromatic rings. The molecular formula is C18H21NO4. The van der Waals surface area contributed by atoms with Gasteiger partial charge in [-0.05, 0) is 24.6 Å². The van der Waals surface area contributed by atoms with Gasteiger partial charge in [0.15, 0.2) is 0 Å². The van der Waals surface area contributed by atoms with Crippen LogP contribution in [0.5, 0.6) is 11.5 Å². The van der Waals surface area contributed by atoms with Crippen LogP contribution >= 0.6 is 0 Å². The minimum atomic E-state index is -0.506. The zero-order valence-electron chi connectivity index (χ0n) is 13.3. The van der Waals surface area contributed by atoms with Crippen molar-refractivity contribution >= 4 is 5.97 Å². The predicted octanol–water partition coefficient (Wildman–Crippen LogP) is 2.78. The molecule has 2 N–H and O–H groups in total. The van der Waals surface area contributed by atoms with Crippen molar-refractivity contribution in [3.05, 3.63) is 59.7 Å². The number of esters is 1. The molecule has 5 nitrogen and oxygen atoms in total. The minimum absolute atomic E-state index is 0.144. The first-order chi connectivity index (χ1) is 11.1. The number of hydrogen-bond donors (Lipinski definition) is 1. The maximum absolute atomic E-state index is 12.1. The Labute approximate surface area is 136 Å². The maximum Gasteiger partial charge on any atom is 0.345 e. The summed E-state index contributed by atoms with van der Waals surface area (Å²) in [7, 11) is 1.33. The summed E-state index contributed by atoms with van der Waals surface area (Å²) in [4.78, 5) is 12.1. The van der Waals surface area contributed by atoms with E-state index in [1.165, 1.54) is 7.11 Å². The van der Waals surface area contributed by atoms with Gasteiger partial charge in [-0.2, -0.15) is 0 Å². The van der Waals surface area contributed by atoms with Crippen molar-refractivity contribution < 1.29 is 19.0 Å². The fourth-order valence-corrected chi connectivity index (χ4v) is 2.01. The first-order valence-electron chi connectivity index (χ1n) is 7.38. The Bertz CT molecular complexity index is 641. The first-order valence-corrected chi connectivity index (χ1v) is 7.38. The molecule has 5 heteroatoms. The summed E-state index contributed by atoms with van der Waals surface area (Å²) in [6.07, 6.45) is 0. The molecule has 23 heavy (non-hydrogen) atoms. The number of carbonyl (C=O) groups excluding carboxylic acids is 1. The van der Waals surface area contributed by atoms with Gasteiger partial charge in [0.05, 0.1) is 7.11 Å². The number of carbonyl (C=O) groups is 1. The Morgan fingerprint density at radius 3 is 2.30 bits per heavy atom. The Morgan fingerprint density at radius 2 is 1.70 bits per heavy atom. The van der Waals surface area contributed by atoms with Gasteiger partial charge in [0.2, 0.25) is 0 Å². The van der Waals surface area contributed by atoms with Crippen LogP contribution in [0.2, 0.25) is 0 Å². The lowest BCUT2D eigenvalue weighted by Gasteiger charge is -2.16. The molecule has 122 valence electrons. The van der Waals surface area contributed by atoms with Crippen LogP contribution in [0, 0.1) is 0 Å². The van der Waals surface area contributed by atoms with Gasteiger partial charge < -0.3 is 19.9 Å². The quantitative estimate of drug-likeness (QED) is 0.796. The average Bonchev–Trinajstić information content (AvgIpc) is 2.58. The van der Waals surface area contributed by atoms with E-state index in [2.05, 4.69) is 0 Å². The van der Waals surface area contributed by atoms with Gasteiger partial charge in [-0.15, -0.1) is 0 Å². The van der Waals surface area contributed by atoms with Crippen LogP contribution in [-0.2, 0) is 11.3 Å². The Hall–Kier alpha value is -2.53. The zero-order valence-corrected chi connectivity index (χ0v) is 13.3. The van der Waals surface area contributed by atoms with E-state index in [0.717, 1.165) is 5.56 Å². The maximum atomic E-state index is 12.1. The van der Waals surface area contributed by atoms with Crippen molar-refractivity contribution in [1.29, 1.82) is 0 Å². The number of methoxy groups -OCH3 is 1. The molecule has 0 aliphatic rings. The summed E-state index contributed by atoms with van der Waals surface area (Å²) < 4.78 is 16.2. The van der Waals surface area contributed by atoms with E-state index < -0.39 is 5.97 Å². The second-order valence-corrected chi connectivity index (χ2v) is 5.18. The number of nitrogens with two attached hydrogens (primary N) is 1. The molecule has 0 saturated heterocycles. The van der Waals surface area contributed by atoms with E-state index in [4.69, 9.17) is 19.9 Å². The monoisotopic (exact) mass is 315 g/mol. The van der Waals surface area contributed by atoms with Crippen molar-refractivity contribution in [2.24, 2.45) is 5.73 Å². The zero-order chi connectivity index (χ0) is 16.7. The SMILES string of the molecule is COC(=O)c1c(OCc2ccccc2)cccc1OC[C@H](C)N. The van der Waals surface area contributed by atoms with Crippen molar-refractivity contribution in [3.63, 3.8) is 0 Å². The second-order valence-electron chi connectivity index (χ2n) is 5.18. The largest absolute Gasteiger partial charge is 0.491 e. The molecule has 0 heterocycles. The fraction of sp³-hybridized carbons (Fsp3) is 0.278. The van der Waals surface area contributed by atoms with Gasteiger partial charge in [0.1, 0.15) is 30.3 Å². The van der Waals surface area contributed by atoms with E-state index in [1.54, 1.807) is 18.2 Å². The van der Waals surface area contributed by atoms with Crippen LogP contribution < -0.4 is 15.2 Å². The molecule has 0 radical (unpaired) electrons. The molecule has 2 aromatic carbocycles. The molecule has 0 aliphatic carbocycles. The smallest absolute Gasteiger partial charge is 0.345 e. The van der Waals surface area contributed by atoms with Gasteiger partial charge in [0, 0.05) is 6.04 Å². The predicted molar refractivity (Wildman–Crippen MR) is 87.7 cm³/mol. The summed E-state index contributed by atoms with van der Waals surface area (Å²) in [6, 6.07) is 14.7. The highest BCUT2D eigenvalue weighted by Gasteiger charge is 2.20. The molecule has 0 unspecified atom stereocenters. The highest BCUT2D eigenvalue weighted by atomic mass is 16.5. The summed E-state index contributed by atoms with van der Waals surface area (Å²) in [5, 5.41) is 0. The van der Waals surface area contributed by atoms with E-state index >= 15 is 0 Å². The highest BCUT2D eigenvalue weighted by Crippen LogP contribution is 2.30. The van der Waals surface area contributed by atoms with Gasteiger partial charge in [-0.25, -0.2) is 4.79 Å². The molecule has 0 saturated carbocycles. The molecular weight excluding hydrogens is 294 g/mol. The summed E-state index contributed by atoms with van der Waals surface area (Å²) in [5.41, 5.74) is 6.97. The Kier molecular flexibility index (Phi) is 6.00. The molecule has 0 spiro atoms. The van der Waals surface area contributed by atoms with Crippen LogP contribution in [0.15, 0.2) is 48.5 Å². The lowest BCUT2D eigenvalue weighted by atomic mass is 10.1. The molecule has 0 aromatic heterocycles. The Balaban J connectivity index is 2.23. The van der Waals surface area contributed by atoms with Crippen LogP contribution in [0.1, 0.15) is 22.8 Å². The van der Waals surface area contributed by atoms with Crippen LogP contribution in [0.3, 0.4) is 0 Å². The second kappa shape index (κ2) is 8.19. The number of rotatable bonds is 7. The van der Waals surface area contributed by atoms with Crippen molar-refractivity contribution in [2.75, 3.05) is 13.7 Å². The fourth-order valence-electron chi connectivity index (χ4n) is 2.01. The lowest BCUT2D eigenvalue weighted by molar-refractivity contribution is 0.0590. The van der Waals surface area contributed by atoms with Crippen molar-refractivity contribution in [2.45, 2.75) is 19.6 Å². The minimum Gasteiger partial charge on any atom is -0.491 e.